The van der Waals surface area contributed by atoms with Gasteiger partial charge in [0.05, 0.1) is 12.8 Å². The predicted molar refractivity (Wildman–Crippen MR) is 119 cm³/mol. The minimum Gasteiger partial charge on any atom is -0.497 e. The minimum atomic E-state index is -0.193. The monoisotopic (exact) mass is 420 g/mol. The second-order valence-electron chi connectivity index (χ2n) is 6.31. The molecule has 0 atom stereocenters. The molecule has 0 fully saturated rings. The summed E-state index contributed by atoms with van der Waals surface area (Å²) in [5.74, 6) is 0.449. The topological polar surface area (TPSA) is 51.2 Å². The van der Waals surface area contributed by atoms with Gasteiger partial charge in [0.25, 0.3) is 5.91 Å². The molecule has 0 unspecified atom stereocenters. The van der Waals surface area contributed by atoms with Gasteiger partial charge >= 0.3 is 0 Å². The van der Waals surface area contributed by atoms with Crippen LogP contribution in [0.3, 0.4) is 0 Å². The number of halogens is 1. The van der Waals surface area contributed by atoms with E-state index in [1.807, 2.05) is 53.9 Å². The molecule has 1 heterocycles. The first-order valence-electron chi connectivity index (χ1n) is 8.90. The molecule has 0 saturated heterocycles. The number of thiazole rings is 1. The number of nitrogens with zero attached hydrogens (tertiary/aromatic N) is 1. The van der Waals surface area contributed by atoms with E-state index in [1.54, 1.807) is 42.7 Å². The number of benzene rings is 3. The molecular weight excluding hydrogens is 404 g/mol. The van der Waals surface area contributed by atoms with Crippen molar-refractivity contribution in [1.82, 2.24) is 4.98 Å². The molecule has 0 radical (unpaired) electrons. The van der Waals surface area contributed by atoms with Gasteiger partial charge in [-0.25, -0.2) is 4.98 Å². The van der Waals surface area contributed by atoms with Crippen molar-refractivity contribution in [3.63, 3.8) is 0 Å². The smallest absolute Gasteiger partial charge is 0.255 e. The molecule has 29 heavy (non-hydrogen) atoms. The van der Waals surface area contributed by atoms with Gasteiger partial charge in [-0.3, -0.25) is 4.79 Å². The fraction of sp³-hybridized carbons (Fsp3) is 0.0435. The Kier molecular flexibility index (Phi) is 5.60. The molecule has 3 aromatic carbocycles. The number of hydrogen-bond acceptors (Lipinski definition) is 4. The van der Waals surface area contributed by atoms with Gasteiger partial charge < -0.3 is 10.1 Å². The van der Waals surface area contributed by atoms with Crippen LogP contribution in [0.25, 0.3) is 21.8 Å². The van der Waals surface area contributed by atoms with Crippen molar-refractivity contribution in [1.29, 1.82) is 0 Å². The van der Waals surface area contributed by atoms with E-state index in [1.165, 1.54) is 0 Å². The van der Waals surface area contributed by atoms with Crippen LogP contribution in [0.1, 0.15) is 10.4 Å². The fourth-order valence-electron chi connectivity index (χ4n) is 2.86. The van der Waals surface area contributed by atoms with E-state index < -0.39 is 0 Å². The molecule has 0 aliphatic heterocycles. The van der Waals surface area contributed by atoms with Gasteiger partial charge in [-0.1, -0.05) is 41.9 Å². The molecule has 0 bridgehead atoms. The van der Waals surface area contributed by atoms with Crippen molar-refractivity contribution in [2.75, 3.05) is 12.4 Å². The zero-order valence-electron chi connectivity index (χ0n) is 15.6. The van der Waals surface area contributed by atoms with Crippen molar-refractivity contribution in [3.8, 4) is 27.6 Å². The molecule has 0 aliphatic carbocycles. The molecule has 4 rings (SSSR count). The van der Waals surface area contributed by atoms with Gasteiger partial charge in [0.1, 0.15) is 10.8 Å². The number of carbonyl (C=O) groups excluding carboxylic acids is 1. The van der Waals surface area contributed by atoms with Gasteiger partial charge in [0.15, 0.2) is 0 Å². The van der Waals surface area contributed by atoms with E-state index >= 15 is 0 Å². The molecule has 0 spiro atoms. The number of carbonyl (C=O) groups is 1. The highest BCUT2D eigenvalue weighted by atomic mass is 35.5. The Morgan fingerprint density at radius 1 is 1.00 bits per heavy atom. The first-order valence-corrected chi connectivity index (χ1v) is 10.2. The first kappa shape index (κ1) is 19.2. The Hall–Kier alpha value is -3.15. The Bertz CT molecular complexity index is 1160. The van der Waals surface area contributed by atoms with Crippen LogP contribution in [0.15, 0.2) is 78.2 Å². The number of hydrogen-bond donors (Lipinski definition) is 1. The third-order valence-electron chi connectivity index (χ3n) is 4.34. The lowest BCUT2D eigenvalue weighted by Crippen LogP contribution is -2.11. The van der Waals surface area contributed by atoms with E-state index in [2.05, 4.69) is 5.32 Å². The number of nitrogens with one attached hydrogen (secondary N) is 1. The summed E-state index contributed by atoms with van der Waals surface area (Å²) >= 11 is 7.53. The zero-order valence-corrected chi connectivity index (χ0v) is 17.1. The van der Waals surface area contributed by atoms with E-state index in [4.69, 9.17) is 21.3 Å². The molecule has 4 nitrogen and oxygen atoms in total. The summed E-state index contributed by atoms with van der Waals surface area (Å²) in [7, 11) is 1.58. The quantitative estimate of drug-likeness (QED) is 0.407. The van der Waals surface area contributed by atoms with Gasteiger partial charge in [-0.15, -0.1) is 11.3 Å². The van der Waals surface area contributed by atoms with Crippen molar-refractivity contribution in [2.45, 2.75) is 0 Å². The molecule has 1 N–H and O–H groups in total. The highest BCUT2D eigenvalue weighted by Gasteiger charge is 2.10. The number of rotatable bonds is 5. The first-order chi connectivity index (χ1) is 14.1. The number of amides is 1. The van der Waals surface area contributed by atoms with Crippen LogP contribution in [0.4, 0.5) is 5.69 Å². The number of methoxy groups -OCH3 is 1. The summed E-state index contributed by atoms with van der Waals surface area (Å²) < 4.78 is 5.18. The van der Waals surface area contributed by atoms with E-state index in [0.717, 1.165) is 21.8 Å². The van der Waals surface area contributed by atoms with Gasteiger partial charge in [0.2, 0.25) is 0 Å². The number of anilines is 1. The summed E-state index contributed by atoms with van der Waals surface area (Å²) in [5.41, 5.74) is 4.06. The fourth-order valence-corrected chi connectivity index (χ4v) is 3.82. The SMILES string of the molecule is COc1cccc(C(=O)Nc2cccc(-c3csc(-c4ccc(Cl)cc4)n3)c2)c1. The molecule has 0 saturated carbocycles. The lowest BCUT2D eigenvalue weighted by Gasteiger charge is -2.08. The highest BCUT2D eigenvalue weighted by molar-refractivity contribution is 7.13. The summed E-state index contributed by atoms with van der Waals surface area (Å²) in [6.07, 6.45) is 0. The van der Waals surface area contributed by atoms with Crippen LogP contribution in [0.5, 0.6) is 5.75 Å². The van der Waals surface area contributed by atoms with Crippen LogP contribution in [-0.4, -0.2) is 18.0 Å². The average molecular weight is 421 g/mol. The van der Waals surface area contributed by atoms with Gasteiger partial charge in [-0.05, 0) is 42.5 Å². The lowest BCUT2D eigenvalue weighted by molar-refractivity contribution is 0.102. The molecular formula is C23H17ClN2O2S. The van der Waals surface area contributed by atoms with Crippen LogP contribution >= 0.6 is 22.9 Å². The van der Waals surface area contributed by atoms with Gasteiger partial charge in [0, 0.05) is 32.8 Å². The van der Waals surface area contributed by atoms with Crippen LogP contribution in [0.2, 0.25) is 5.02 Å². The molecule has 4 aromatic rings. The average Bonchev–Trinajstić information content (AvgIpc) is 3.25. The van der Waals surface area contributed by atoms with E-state index in [0.29, 0.717) is 22.0 Å². The minimum absolute atomic E-state index is 0.193. The van der Waals surface area contributed by atoms with Crippen molar-refractivity contribution in [3.05, 3.63) is 88.8 Å². The Morgan fingerprint density at radius 3 is 2.59 bits per heavy atom. The van der Waals surface area contributed by atoms with Gasteiger partial charge in [-0.2, -0.15) is 0 Å². The Labute approximate surface area is 177 Å². The van der Waals surface area contributed by atoms with Crippen LogP contribution in [0, 0.1) is 0 Å². The standard InChI is InChI=1S/C23H17ClN2O2S/c1-28-20-7-3-5-17(13-20)22(27)25-19-6-2-4-16(12-19)21-14-29-23(26-21)15-8-10-18(24)11-9-15/h2-14H,1H3,(H,25,27). The van der Waals surface area contributed by atoms with Crippen molar-refractivity contribution >= 4 is 34.5 Å². The largest absolute Gasteiger partial charge is 0.497 e. The molecule has 1 aromatic heterocycles. The van der Waals surface area contributed by atoms with Crippen molar-refractivity contribution in [2.24, 2.45) is 0 Å². The lowest BCUT2D eigenvalue weighted by atomic mass is 10.1. The van der Waals surface area contributed by atoms with E-state index in [-0.39, 0.29) is 5.91 Å². The summed E-state index contributed by atoms with van der Waals surface area (Å²) in [6.45, 7) is 0. The second kappa shape index (κ2) is 8.47. The Balaban J connectivity index is 1.54. The third kappa shape index (κ3) is 4.47. The third-order valence-corrected chi connectivity index (χ3v) is 5.49. The highest BCUT2D eigenvalue weighted by Crippen LogP contribution is 2.30. The summed E-state index contributed by atoms with van der Waals surface area (Å²) in [5, 5.41) is 6.56. The van der Waals surface area contributed by atoms with E-state index in [9.17, 15) is 4.79 Å². The predicted octanol–water partition coefficient (Wildman–Crippen LogP) is 6.39. The zero-order chi connectivity index (χ0) is 20.2. The Morgan fingerprint density at radius 2 is 1.79 bits per heavy atom. The summed E-state index contributed by atoms with van der Waals surface area (Å²) in [4.78, 5) is 17.3. The van der Waals surface area contributed by atoms with Crippen LogP contribution < -0.4 is 10.1 Å². The normalized spacial score (nSPS) is 10.6. The second-order valence-corrected chi connectivity index (χ2v) is 7.61. The van der Waals surface area contributed by atoms with Crippen LogP contribution in [-0.2, 0) is 0 Å². The number of aromatic nitrogens is 1. The molecule has 1 amide bonds. The number of ether oxygens (including phenoxy) is 1. The molecule has 144 valence electrons. The maximum absolute atomic E-state index is 12.6. The summed E-state index contributed by atoms with van der Waals surface area (Å²) in [6, 6.07) is 22.3. The maximum atomic E-state index is 12.6. The molecule has 6 heteroatoms. The van der Waals surface area contributed by atoms with Crippen molar-refractivity contribution < 1.29 is 9.53 Å². The maximum Gasteiger partial charge on any atom is 0.255 e. The molecule has 0 aliphatic rings.